The third-order valence-electron chi connectivity index (χ3n) is 5.32. The molecule has 1 fully saturated rings. The highest BCUT2D eigenvalue weighted by molar-refractivity contribution is 5.81. The molecule has 0 aliphatic carbocycles. The quantitative estimate of drug-likeness (QED) is 0.625. The van der Waals surface area contributed by atoms with Gasteiger partial charge in [-0.05, 0) is 19.1 Å². The van der Waals surface area contributed by atoms with E-state index in [9.17, 15) is 32.7 Å². The van der Waals surface area contributed by atoms with Crippen LogP contribution in [0.2, 0.25) is 0 Å². The molecule has 164 valence electrons. The Hall–Kier alpha value is -3.41. The Kier molecular flexibility index (Phi) is 4.96. The minimum atomic E-state index is -4.76. The number of aliphatic hydroxyl groups excluding tert-OH is 1. The first-order chi connectivity index (χ1) is 14.6. The molecular formula is C19H18F3N5O4. The number of aliphatic hydroxyl groups is 1. The van der Waals surface area contributed by atoms with E-state index in [0.29, 0.717) is 0 Å². The molecule has 4 rings (SSSR count). The molecule has 3 heterocycles. The maximum absolute atomic E-state index is 13.5. The number of alkyl halides is 3. The van der Waals surface area contributed by atoms with E-state index in [1.54, 1.807) is 12.1 Å². The number of β-amino-alcohol motifs (C(OH)–C–C–N with tert-alkyl or cyclic N) is 1. The molecule has 3 aromatic rings. The minimum Gasteiger partial charge on any atom is -0.389 e. The van der Waals surface area contributed by atoms with Gasteiger partial charge in [-0.2, -0.15) is 13.2 Å². The zero-order valence-corrected chi connectivity index (χ0v) is 16.3. The smallest absolute Gasteiger partial charge is 0.389 e. The number of nitrogens with one attached hydrogen (secondary N) is 1. The van der Waals surface area contributed by atoms with Crippen molar-refractivity contribution < 1.29 is 23.1 Å². The summed E-state index contributed by atoms with van der Waals surface area (Å²) < 4.78 is 42.3. The predicted molar refractivity (Wildman–Crippen MR) is 102 cm³/mol. The standard InChI is InChI=1S/C19H18F3N5O4/c1-10-6-27(18(31)24-16(10)30)13-7-25(8-14(13)28)15(29)9-26-12-5-3-2-4-11(12)23-17(26)19(20,21)22/h2-6,13-14,28H,7-9H2,1H3,(H,24,30,31)/t13-,14-/m1/s1. The minimum absolute atomic E-state index is 0.0978. The number of H-pyrrole nitrogens is 1. The number of hydrogen-bond acceptors (Lipinski definition) is 5. The van der Waals surface area contributed by atoms with Crippen LogP contribution in [0.5, 0.6) is 0 Å². The summed E-state index contributed by atoms with van der Waals surface area (Å²) in [5.41, 5.74) is -0.789. The van der Waals surface area contributed by atoms with Crippen LogP contribution in [0.25, 0.3) is 11.0 Å². The summed E-state index contributed by atoms with van der Waals surface area (Å²) >= 11 is 0. The highest BCUT2D eigenvalue weighted by Crippen LogP contribution is 2.32. The molecule has 1 aliphatic rings. The van der Waals surface area contributed by atoms with E-state index < -0.39 is 47.8 Å². The molecule has 1 aliphatic heterocycles. The summed E-state index contributed by atoms with van der Waals surface area (Å²) in [5.74, 6) is -1.85. The molecular weight excluding hydrogens is 419 g/mol. The Morgan fingerprint density at radius 2 is 1.97 bits per heavy atom. The number of carbonyl (C=O) groups is 1. The van der Waals surface area contributed by atoms with Crippen molar-refractivity contribution in [2.24, 2.45) is 0 Å². The average molecular weight is 437 g/mol. The van der Waals surface area contributed by atoms with E-state index in [-0.39, 0.29) is 29.7 Å². The largest absolute Gasteiger partial charge is 0.449 e. The van der Waals surface area contributed by atoms with Gasteiger partial charge in [-0.25, -0.2) is 9.78 Å². The first-order valence-corrected chi connectivity index (χ1v) is 9.36. The number of carbonyl (C=O) groups excluding carboxylic acids is 1. The van der Waals surface area contributed by atoms with E-state index in [0.717, 1.165) is 9.13 Å². The molecule has 1 saturated heterocycles. The Morgan fingerprint density at radius 1 is 1.26 bits per heavy atom. The van der Waals surface area contributed by atoms with Crippen molar-refractivity contribution in [3.05, 3.63) is 62.7 Å². The fourth-order valence-corrected chi connectivity index (χ4v) is 3.77. The summed E-state index contributed by atoms with van der Waals surface area (Å²) in [5, 5.41) is 10.4. The monoisotopic (exact) mass is 437 g/mol. The van der Waals surface area contributed by atoms with Gasteiger partial charge < -0.3 is 14.6 Å². The Bertz CT molecular complexity index is 1280. The molecule has 2 N–H and O–H groups in total. The second-order valence-electron chi connectivity index (χ2n) is 7.42. The molecule has 0 unspecified atom stereocenters. The predicted octanol–water partition coefficient (Wildman–Crippen LogP) is 0.658. The topological polar surface area (TPSA) is 113 Å². The van der Waals surface area contributed by atoms with Crippen LogP contribution in [-0.2, 0) is 17.5 Å². The van der Waals surface area contributed by atoms with Gasteiger partial charge in [0.1, 0.15) is 6.54 Å². The van der Waals surface area contributed by atoms with E-state index in [2.05, 4.69) is 9.97 Å². The van der Waals surface area contributed by atoms with Crippen LogP contribution in [0.15, 0.2) is 40.1 Å². The Balaban J connectivity index is 1.62. The number of likely N-dealkylation sites (tertiary alicyclic amines) is 1. The van der Waals surface area contributed by atoms with Crippen LogP contribution >= 0.6 is 0 Å². The van der Waals surface area contributed by atoms with Crippen molar-refractivity contribution in [2.75, 3.05) is 13.1 Å². The molecule has 1 aromatic carbocycles. The lowest BCUT2D eigenvalue weighted by molar-refractivity contribution is -0.148. The fraction of sp³-hybridized carbons (Fsp3) is 0.368. The highest BCUT2D eigenvalue weighted by atomic mass is 19.4. The summed E-state index contributed by atoms with van der Waals surface area (Å²) in [6.45, 7) is 0.595. The van der Waals surface area contributed by atoms with Crippen LogP contribution in [-0.4, -0.2) is 54.2 Å². The van der Waals surface area contributed by atoms with Crippen molar-refractivity contribution >= 4 is 16.9 Å². The van der Waals surface area contributed by atoms with Gasteiger partial charge in [-0.1, -0.05) is 12.1 Å². The Morgan fingerprint density at radius 3 is 2.68 bits per heavy atom. The maximum Gasteiger partial charge on any atom is 0.449 e. The molecule has 0 bridgehead atoms. The maximum atomic E-state index is 13.5. The molecule has 12 heteroatoms. The van der Waals surface area contributed by atoms with Crippen LogP contribution in [0.1, 0.15) is 17.4 Å². The highest BCUT2D eigenvalue weighted by Gasteiger charge is 2.40. The number of aromatic nitrogens is 4. The Labute approximate surface area is 172 Å². The van der Waals surface area contributed by atoms with Gasteiger partial charge >= 0.3 is 11.9 Å². The second kappa shape index (κ2) is 7.38. The van der Waals surface area contributed by atoms with Crippen molar-refractivity contribution in [2.45, 2.75) is 31.8 Å². The summed E-state index contributed by atoms with van der Waals surface area (Å²) in [4.78, 5) is 43.4. The number of aryl methyl sites for hydroxylation is 1. The first kappa shape index (κ1) is 20.8. The SMILES string of the molecule is Cc1cn([C@@H]2CN(C(=O)Cn3c(C(F)(F)F)nc4ccccc43)C[C@H]2O)c(=O)[nH]c1=O. The molecule has 1 amide bonds. The number of fused-ring (bicyclic) bond motifs is 1. The van der Waals surface area contributed by atoms with Crippen molar-refractivity contribution in [3.63, 3.8) is 0 Å². The van der Waals surface area contributed by atoms with Gasteiger partial charge in [0.15, 0.2) is 0 Å². The van der Waals surface area contributed by atoms with Gasteiger partial charge in [0.2, 0.25) is 11.7 Å². The van der Waals surface area contributed by atoms with Gasteiger partial charge in [-0.3, -0.25) is 19.1 Å². The van der Waals surface area contributed by atoms with E-state index in [1.807, 2.05) is 0 Å². The lowest BCUT2D eigenvalue weighted by Crippen LogP contribution is -2.37. The van der Waals surface area contributed by atoms with Crippen LogP contribution in [0.3, 0.4) is 0 Å². The molecule has 0 spiro atoms. The summed E-state index contributed by atoms with van der Waals surface area (Å²) in [7, 11) is 0. The number of halogens is 3. The van der Waals surface area contributed by atoms with E-state index in [4.69, 9.17) is 0 Å². The van der Waals surface area contributed by atoms with Crippen LogP contribution < -0.4 is 11.2 Å². The number of aromatic amines is 1. The number of imidazole rings is 1. The molecule has 2 aromatic heterocycles. The van der Waals surface area contributed by atoms with Crippen molar-refractivity contribution in [3.8, 4) is 0 Å². The van der Waals surface area contributed by atoms with Crippen LogP contribution in [0, 0.1) is 6.92 Å². The molecule has 2 atom stereocenters. The fourth-order valence-electron chi connectivity index (χ4n) is 3.77. The lowest BCUT2D eigenvalue weighted by atomic mass is 10.2. The first-order valence-electron chi connectivity index (χ1n) is 9.36. The normalized spacial score (nSPS) is 19.3. The zero-order chi connectivity index (χ0) is 22.5. The number of nitrogens with zero attached hydrogens (tertiary/aromatic N) is 4. The summed E-state index contributed by atoms with van der Waals surface area (Å²) in [6.07, 6.45) is -4.60. The molecule has 31 heavy (non-hydrogen) atoms. The number of amides is 1. The number of hydrogen-bond donors (Lipinski definition) is 2. The van der Waals surface area contributed by atoms with E-state index >= 15 is 0 Å². The number of rotatable bonds is 3. The van der Waals surface area contributed by atoms with Gasteiger partial charge in [0.05, 0.1) is 23.2 Å². The molecule has 9 nitrogen and oxygen atoms in total. The average Bonchev–Trinajstić information content (AvgIpc) is 3.26. The lowest BCUT2D eigenvalue weighted by Gasteiger charge is -2.19. The van der Waals surface area contributed by atoms with E-state index in [1.165, 1.54) is 30.2 Å². The third-order valence-corrected chi connectivity index (χ3v) is 5.32. The molecule has 0 radical (unpaired) electrons. The van der Waals surface area contributed by atoms with Crippen molar-refractivity contribution in [1.29, 1.82) is 0 Å². The second-order valence-corrected chi connectivity index (χ2v) is 7.42. The van der Waals surface area contributed by atoms with Gasteiger partial charge in [0, 0.05) is 24.8 Å². The van der Waals surface area contributed by atoms with Crippen LogP contribution in [0.4, 0.5) is 13.2 Å². The molecule has 0 saturated carbocycles. The van der Waals surface area contributed by atoms with Gasteiger partial charge in [-0.15, -0.1) is 0 Å². The van der Waals surface area contributed by atoms with Crippen molar-refractivity contribution in [1.82, 2.24) is 24.0 Å². The van der Waals surface area contributed by atoms with Gasteiger partial charge in [0.25, 0.3) is 5.56 Å². The third kappa shape index (κ3) is 3.74. The number of benzene rings is 1. The zero-order valence-electron chi connectivity index (χ0n) is 16.3. The number of para-hydroxylation sites is 2. The summed E-state index contributed by atoms with van der Waals surface area (Å²) in [6, 6.07) is 5.12.